The molecule has 1 unspecified atom stereocenters. The van der Waals surface area contributed by atoms with Crippen LogP contribution in [0.3, 0.4) is 0 Å². The molecule has 0 amide bonds. The fraction of sp³-hybridized carbons (Fsp3) is 0.467. The van der Waals surface area contributed by atoms with Gasteiger partial charge in [-0.25, -0.2) is 8.78 Å². The van der Waals surface area contributed by atoms with Crippen molar-refractivity contribution >= 4 is 0 Å². The van der Waals surface area contributed by atoms with Crippen LogP contribution in [0, 0.1) is 17.6 Å². The van der Waals surface area contributed by atoms with E-state index in [2.05, 4.69) is 15.5 Å². The maximum absolute atomic E-state index is 13.5. The summed E-state index contributed by atoms with van der Waals surface area (Å²) in [5.74, 6) is -0.884. The molecule has 1 aliphatic heterocycles. The van der Waals surface area contributed by atoms with Crippen molar-refractivity contribution in [1.29, 1.82) is 0 Å². The lowest BCUT2D eigenvalue weighted by Gasteiger charge is -2.24. The van der Waals surface area contributed by atoms with Gasteiger partial charge in [-0.3, -0.25) is 0 Å². The molecule has 1 aromatic carbocycles. The van der Waals surface area contributed by atoms with E-state index >= 15 is 0 Å². The smallest absolute Gasteiger partial charge is 0.213 e. The molecule has 2 aromatic rings. The van der Waals surface area contributed by atoms with Crippen LogP contribution < -0.4 is 5.32 Å². The summed E-state index contributed by atoms with van der Waals surface area (Å²) in [4.78, 5) is 4.03. The van der Waals surface area contributed by atoms with Crippen LogP contribution >= 0.6 is 0 Å². The lowest BCUT2D eigenvalue weighted by molar-refractivity contribution is 0.0657. The Morgan fingerprint density at radius 2 is 2.05 bits per heavy atom. The molecule has 118 valence electrons. The SMILES string of the molecule is Fc1ccc(C(NCC2CCOCC2)c2ncon2)cc1F. The third kappa shape index (κ3) is 3.48. The summed E-state index contributed by atoms with van der Waals surface area (Å²) in [6, 6.07) is 3.36. The van der Waals surface area contributed by atoms with Crippen LogP contribution in [-0.4, -0.2) is 29.9 Å². The summed E-state index contributed by atoms with van der Waals surface area (Å²) in [5, 5.41) is 7.14. The highest BCUT2D eigenvalue weighted by Crippen LogP contribution is 2.22. The zero-order valence-corrected chi connectivity index (χ0v) is 12.0. The summed E-state index contributed by atoms with van der Waals surface area (Å²) < 4.78 is 36.7. The largest absolute Gasteiger partial charge is 0.381 e. The van der Waals surface area contributed by atoms with Crippen LogP contribution in [0.4, 0.5) is 8.78 Å². The van der Waals surface area contributed by atoms with E-state index in [1.54, 1.807) is 0 Å². The topological polar surface area (TPSA) is 60.2 Å². The first-order valence-corrected chi connectivity index (χ1v) is 7.26. The monoisotopic (exact) mass is 309 g/mol. The number of nitrogens with one attached hydrogen (secondary N) is 1. The summed E-state index contributed by atoms with van der Waals surface area (Å²) in [7, 11) is 0. The van der Waals surface area contributed by atoms with Gasteiger partial charge in [-0.05, 0) is 43.0 Å². The summed E-state index contributed by atoms with van der Waals surface area (Å²) >= 11 is 0. The van der Waals surface area contributed by atoms with E-state index in [0.29, 0.717) is 17.3 Å². The minimum absolute atomic E-state index is 0.401. The number of ether oxygens (including phenoxy) is 1. The van der Waals surface area contributed by atoms with Crippen molar-refractivity contribution in [3.05, 3.63) is 47.6 Å². The molecule has 1 saturated heterocycles. The second-order valence-corrected chi connectivity index (χ2v) is 5.36. The molecule has 22 heavy (non-hydrogen) atoms. The predicted octanol–water partition coefficient (Wildman–Crippen LogP) is 2.45. The third-order valence-electron chi connectivity index (χ3n) is 3.87. The van der Waals surface area contributed by atoms with Crippen molar-refractivity contribution in [2.75, 3.05) is 19.8 Å². The van der Waals surface area contributed by atoms with Crippen molar-refractivity contribution in [3.63, 3.8) is 0 Å². The Labute approximate surface area is 126 Å². The van der Waals surface area contributed by atoms with Gasteiger partial charge in [0, 0.05) is 13.2 Å². The Hall–Kier alpha value is -1.86. The zero-order valence-electron chi connectivity index (χ0n) is 12.0. The first kappa shape index (κ1) is 15.1. The summed E-state index contributed by atoms with van der Waals surface area (Å²) in [5.41, 5.74) is 0.562. The first-order chi connectivity index (χ1) is 10.7. The van der Waals surface area contributed by atoms with Gasteiger partial charge in [-0.2, -0.15) is 4.98 Å². The van der Waals surface area contributed by atoms with Gasteiger partial charge < -0.3 is 14.6 Å². The van der Waals surface area contributed by atoms with Crippen molar-refractivity contribution < 1.29 is 18.0 Å². The van der Waals surface area contributed by atoms with E-state index in [1.165, 1.54) is 12.5 Å². The molecule has 1 atom stereocenters. The highest BCUT2D eigenvalue weighted by atomic mass is 19.2. The Morgan fingerprint density at radius 3 is 2.73 bits per heavy atom. The lowest BCUT2D eigenvalue weighted by atomic mass is 9.99. The molecule has 2 heterocycles. The standard InChI is InChI=1S/C15H17F2N3O2/c16-12-2-1-11(7-13(12)17)14(15-19-9-22-20-15)18-8-10-3-5-21-6-4-10/h1-2,7,9-10,14,18H,3-6,8H2. The first-order valence-electron chi connectivity index (χ1n) is 7.26. The Bertz CT molecular complexity index is 601. The van der Waals surface area contributed by atoms with E-state index in [9.17, 15) is 8.78 Å². The molecule has 0 bridgehead atoms. The quantitative estimate of drug-likeness (QED) is 0.919. The van der Waals surface area contributed by atoms with Gasteiger partial charge in [0.25, 0.3) is 0 Å². The minimum Gasteiger partial charge on any atom is -0.381 e. The van der Waals surface area contributed by atoms with Crippen LogP contribution in [0.2, 0.25) is 0 Å². The van der Waals surface area contributed by atoms with Gasteiger partial charge in [0.05, 0.1) is 6.04 Å². The number of hydrogen-bond donors (Lipinski definition) is 1. The van der Waals surface area contributed by atoms with E-state index in [1.807, 2.05) is 0 Å². The number of hydrogen-bond acceptors (Lipinski definition) is 5. The van der Waals surface area contributed by atoms with Crippen LogP contribution in [0.25, 0.3) is 0 Å². The van der Waals surface area contributed by atoms with Crippen molar-refractivity contribution in [3.8, 4) is 0 Å². The molecule has 1 N–H and O–H groups in total. The minimum atomic E-state index is -0.890. The van der Waals surface area contributed by atoms with Crippen molar-refractivity contribution in [2.45, 2.75) is 18.9 Å². The van der Waals surface area contributed by atoms with Gasteiger partial charge >= 0.3 is 0 Å². The van der Waals surface area contributed by atoms with Crippen LogP contribution in [-0.2, 0) is 4.74 Å². The maximum Gasteiger partial charge on any atom is 0.213 e. The second-order valence-electron chi connectivity index (χ2n) is 5.36. The Balaban J connectivity index is 1.76. The van der Waals surface area contributed by atoms with E-state index in [-0.39, 0.29) is 0 Å². The summed E-state index contributed by atoms with van der Waals surface area (Å²) in [6.45, 7) is 2.23. The van der Waals surface area contributed by atoms with Crippen LogP contribution in [0.5, 0.6) is 0 Å². The van der Waals surface area contributed by atoms with Gasteiger partial charge in [0.1, 0.15) is 0 Å². The van der Waals surface area contributed by atoms with Gasteiger partial charge in [-0.15, -0.1) is 0 Å². The summed E-state index contributed by atoms with van der Waals surface area (Å²) in [6.07, 6.45) is 3.17. The van der Waals surface area contributed by atoms with Gasteiger partial charge in [0.15, 0.2) is 17.5 Å². The maximum atomic E-state index is 13.5. The fourth-order valence-corrected chi connectivity index (χ4v) is 2.59. The van der Waals surface area contributed by atoms with Crippen molar-refractivity contribution in [1.82, 2.24) is 15.5 Å². The molecule has 1 aromatic heterocycles. The second kappa shape index (κ2) is 6.93. The van der Waals surface area contributed by atoms with Crippen LogP contribution in [0.15, 0.2) is 29.1 Å². The average molecular weight is 309 g/mol. The molecular formula is C15H17F2N3O2. The molecule has 1 aliphatic rings. The number of nitrogens with zero attached hydrogens (tertiary/aromatic N) is 2. The van der Waals surface area contributed by atoms with Gasteiger partial charge in [-0.1, -0.05) is 11.2 Å². The Kier molecular flexibility index (Phi) is 4.74. The fourth-order valence-electron chi connectivity index (χ4n) is 2.59. The molecule has 0 radical (unpaired) electrons. The predicted molar refractivity (Wildman–Crippen MR) is 74.0 cm³/mol. The lowest BCUT2D eigenvalue weighted by Crippen LogP contribution is -2.31. The molecule has 1 fully saturated rings. The number of rotatable bonds is 5. The molecule has 0 saturated carbocycles. The normalized spacial score (nSPS) is 17.5. The van der Waals surface area contributed by atoms with Gasteiger partial charge in [0.2, 0.25) is 6.39 Å². The molecular weight excluding hydrogens is 292 g/mol. The molecule has 0 aliphatic carbocycles. The van der Waals surface area contributed by atoms with E-state index < -0.39 is 17.7 Å². The highest BCUT2D eigenvalue weighted by molar-refractivity contribution is 5.25. The number of halogens is 2. The number of benzene rings is 1. The van der Waals surface area contributed by atoms with Crippen LogP contribution in [0.1, 0.15) is 30.3 Å². The molecule has 7 heteroatoms. The van der Waals surface area contributed by atoms with E-state index in [4.69, 9.17) is 9.26 Å². The van der Waals surface area contributed by atoms with Crippen molar-refractivity contribution in [2.24, 2.45) is 5.92 Å². The zero-order chi connectivity index (χ0) is 15.4. The Morgan fingerprint density at radius 1 is 1.23 bits per heavy atom. The average Bonchev–Trinajstić information content (AvgIpc) is 3.06. The molecule has 0 spiro atoms. The highest BCUT2D eigenvalue weighted by Gasteiger charge is 2.22. The number of aromatic nitrogens is 2. The molecule has 5 nitrogen and oxygen atoms in total. The molecule has 3 rings (SSSR count). The third-order valence-corrected chi connectivity index (χ3v) is 3.87. The van der Waals surface area contributed by atoms with E-state index in [0.717, 1.165) is 44.7 Å².